The lowest BCUT2D eigenvalue weighted by molar-refractivity contribution is -0.810. The number of rotatable bonds is 1. The van der Waals surface area contributed by atoms with Gasteiger partial charge in [-0.1, -0.05) is 6.42 Å². The zero-order valence-corrected chi connectivity index (χ0v) is 10.3. The van der Waals surface area contributed by atoms with Crippen molar-refractivity contribution < 1.29 is 8.82 Å². The van der Waals surface area contributed by atoms with Crippen molar-refractivity contribution in [3.8, 4) is 0 Å². The van der Waals surface area contributed by atoms with Gasteiger partial charge in [-0.15, -0.1) is 0 Å². The van der Waals surface area contributed by atoms with E-state index in [1.807, 2.05) is 7.05 Å². The molecule has 82 valence electrons. The molecule has 2 atom stereocenters. The van der Waals surface area contributed by atoms with Gasteiger partial charge in [0.2, 0.25) is 0 Å². The fourth-order valence-corrected chi connectivity index (χ4v) is 4.86. The van der Waals surface area contributed by atoms with Gasteiger partial charge in [-0.25, -0.2) is 9.24 Å². The Morgan fingerprint density at radius 3 is 2.43 bits per heavy atom. The monoisotopic (exact) mass is 217 g/mol. The zero-order chi connectivity index (χ0) is 10.2. The Balaban J connectivity index is 2.10. The van der Waals surface area contributed by atoms with Gasteiger partial charge in [0, 0.05) is 0 Å². The molecule has 14 heavy (non-hydrogen) atoms. The van der Waals surface area contributed by atoms with Crippen molar-refractivity contribution in [3.63, 3.8) is 0 Å². The maximum absolute atomic E-state index is 12.2. The number of likely N-dealkylation sites (N-methyl/N-ethyl adjacent to an activating group) is 2. The molecule has 2 fully saturated rings. The van der Waals surface area contributed by atoms with Crippen LogP contribution in [0.3, 0.4) is 0 Å². The largest absolute Gasteiger partial charge is 0.310 e. The van der Waals surface area contributed by atoms with Gasteiger partial charge in [0.05, 0.1) is 26.2 Å². The minimum absolute atomic E-state index is 0.681. The summed E-state index contributed by atoms with van der Waals surface area (Å²) in [6.45, 7) is 2.11. The molecule has 2 unspecified atom stereocenters. The second-order valence-corrected chi connectivity index (χ2v) is 7.34. The summed E-state index contributed by atoms with van der Waals surface area (Å²) >= 11 is 0. The molecular weight excluding hydrogens is 195 g/mol. The Labute approximate surface area is 87.6 Å². The molecule has 3 nitrogen and oxygen atoms in total. The van der Waals surface area contributed by atoms with Gasteiger partial charge in [0.15, 0.2) is 0 Å². The first-order valence-electron chi connectivity index (χ1n) is 5.75. The van der Waals surface area contributed by atoms with Crippen molar-refractivity contribution >= 4 is 8.10 Å². The van der Waals surface area contributed by atoms with Crippen LogP contribution in [0.2, 0.25) is 0 Å². The molecular formula is C10H22N2OP+. The average Bonchev–Trinajstić information content (AvgIpc) is 2.49. The fraction of sp³-hybridized carbons (Fsp3) is 1.00. The molecule has 0 radical (unpaired) electrons. The molecule has 1 saturated carbocycles. The predicted octanol–water partition coefficient (Wildman–Crippen LogP) is 2.10. The van der Waals surface area contributed by atoms with E-state index < -0.39 is 8.10 Å². The highest BCUT2D eigenvalue weighted by molar-refractivity contribution is 7.35. The second kappa shape index (κ2) is 3.96. The summed E-state index contributed by atoms with van der Waals surface area (Å²) in [6.07, 6.45) is 6.66. The van der Waals surface area contributed by atoms with E-state index in [4.69, 9.17) is 0 Å². The van der Waals surface area contributed by atoms with E-state index in [0.29, 0.717) is 6.04 Å². The maximum atomic E-state index is 12.2. The normalized spacial score (nSPS) is 41.7. The molecule has 2 rings (SSSR count). The van der Waals surface area contributed by atoms with Gasteiger partial charge in [-0.05, 0) is 32.7 Å². The molecule has 1 saturated heterocycles. The molecule has 0 N–H and O–H groups in total. The third-order valence-corrected chi connectivity index (χ3v) is 6.38. The smallest absolute Gasteiger partial charge is 0.272 e. The van der Waals surface area contributed by atoms with Crippen LogP contribution in [0.5, 0.6) is 0 Å². The number of hydrogen-bond acceptors (Lipinski definition) is 1. The van der Waals surface area contributed by atoms with Gasteiger partial charge in [-0.2, -0.15) is 0 Å². The molecule has 0 bridgehead atoms. The van der Waals surface area contributed by atoms with Crippen LogP contribution in [0, 0.1) is 0 Å². The summed E-state index contributed by atoms with van der Waals surface area (Å²) in [5.41, 5.74) is 0. The summed E-state index contributed by atoms with van der Waals surface area (Å²) < 4.78 is 15.1. The maximum Gasteiger partial charge on any atom is 0.310 e. The first-order chi connectivity index (χ1) is 6.64. The fourth-order valence-electron chi connectivity index (χ4n) is 2.93. The minimum Gasteiger partial charge on any atom is -0.272 e. The summed E-state index contributed by atoms with van der Waals surface area (Å²) in [7, 11) is 2.67. The molecule has 2 aliphatic rings. The van der Waals surface area contributed by atoms with E-state index in [0.717, 1.165) is 17.3 Å². The lowest BCUT2D eigenvalue weighted by atomic mass is 9.94. The topological polar surface area (TPSA) is 20.3 Å². The van der Waals surface area contributed by atoms with E-state index in [9.17, 15) is 4.57 Å². The molecule has 0 spiro atoms. The van der Waals surface area contributed by atoms with Crippen LogP contribution in [0.1, 0.15) is 32.1 Å². The Kier molecular flexibility index (Phi) is 3.01. The third kappa shape index (κ3) is 1.66. The first-order valence-corrected chi connectivity index (χ1v) is 7.06. The summed E-state index contributed by atoms with van der Waals surface area (Å²) in [4.78, 5) is 0. The second-order valence-electron chi connectivity index (χ2n) is 4.99. The van der Waals surface area contributed by atoms with Gasteiger partial charge in [0.25, 0.3) is 0 Å². The van der Waals surface area contributed by atoms with Crippen molar-refractivity contribution in [1.29, 1.82) is 0 Å². The van der Waals surface area contributed by atoms with Crippen molar-refractivity contribution in [2.45, 2.75) is 38.1 Å². The van der Waals surface area contributed by atoms with Crippen LogP contribution in [-0.2, 0) is 4.57 Å². The molecule has 1 aliphatic heterocycles. The van der Waals surface area contributed by atoms with Crippen LogP contribution in [-0.4, -0.2) is 42.2 Å². The summed E-state index contributed by atoms with van der Waals surface area (Å²) in [5, 5.41) is 0. The van der Waals surface area contributed by atoms with E-state index >= 15 is 0 Å². The summed E-state index contributed by atoms with van der Waals surface area (Å²) in [5.74, 6) is 0. The van der Waals surface area contributed by atoms with Crippen LogP contribution in [0.4, 0.5) is 0 Å². The number of nitrogens with zero attached hydrogens (tertiary/aromatic N) is 2. The average molecular weight is 217 g/mol. The Morgan fingerprint density at radius 1 is 1.29 bits per heavy atom. The standard InChI is InChI=1S/C10H22N2OP/c1-11-8-9-12(2,14(11)13)10-6-4-3-5-7-10/h10,14H,3-9H2,1-2H3/q+1. The Bertz CT molecular complexity index is 240. The number of quaternary nitrogens is 1. The van der Waals surface area contributed by atoms with Gasteiger partial charge < -0.3 is 0 Å². The van der Waals surface area contributed by atoms with E-state index in [-0.39, 0.29) is 0 Å². The highest BCUT2D eigenvalue weighted by Crippen LogP contribution is 2.47. The van der Waals surface area contributed by atoms with Crippen LogP contribution >= 0.6 is 8.10 Å². The van der Waals surface area contributed by atoms with E-state index in [2.05, 4.69) is 11.7 Å². The highest BCUT2D eigenvalue weighted by Gasteiger charge is 2.44. The number of hydrogen-bond donors (Lipinski definition) is 0. The molecule has 0 aromatic carbocycles. The lowest BCUT2D eigenvalue weighted by Crippen LogP contribution is -2.45. The zero-order valence-electron chi connectivity index (χ0n) is 9.33. The van der Waals surface area contributed by atoms with Crippen LogP contribution in [0.25, 0.3) is 0 Å². The molecule has 0 amide bonds. The molecule has 1 heterocycles. The molecule has 1 aliphatic carbocycles. The van der Waals surface area contributed by atoms with E-state index in [1.165, 1.54) is 32.1 Å². The van der Waals surface area contributed by atoms with E-state index in [1.54, 1.807) is 0 Å². The Morgan fingerprint density at radius 2 is 1.93 bits per heavy atom. The van der Waals surface area contributed by atoms with Crippen LogP contribution < -0.4 is 0 Å². The molecule has 0 aromatic heterocycles. The van der Waals surface area contributed by atoms with Crippen molar-refractivity contribution in [1.82, 2.24) is 4.67 Å². The highest BCUT2D eigenvalue weighted by atomic mass is 31.1. The van der Waals surface area contributed by atoms with Crippen molar-refractivity contribution in [2.75, 3.05) is 27.2 Å². The SMILES string of the molecule is CN1CC[N+](C)(C2CCCCC2)[PH]1=O. The quantitative estimate of drug-likeness (QED) is 0.627. The summed E-state index contributed by atoms with van der Waals surface area (Å²) in [6, 6.07) is 0.681. The van der Waals surface area contributed by atoms with Gasteiger partial charge >= 0.3 is 8.10 Å². The van der Waals surface area contributed by atoms with Crippen molar-refractivity contribution in [2.24, 2.45) is 0 Å². The van der Waals surface area contributed by atoms with Gasteiger partial charge in [0.1, 0.15) is 0 Å². The minimum atomic E-state index is -1.55. The van der Waals surface area contributed by atoms with Crippen molar-refractivity contribution in [3.05, 3.63) is 0 Å². The predicted molar refractivity (Wildman–Crippen MR) is 59.6 cm³/mol. The third-order valence-electron chi connectivity index (χ3n) is 4.04. The Hall–Kier alpha value is 0.150. The molecule has 4 heteroatoms. The van der Waals surface area contributed by atoms with Crippen LogP contribution in [0.15, 0.2) is 0 Å². The van der Waals surface area contributed by atoms with Gasteiger partial charge in [-0.3, -0.25) is 4.25 Å². The molecule has 0 aromatic rings. The lowest BCUT2D eigenvalue weighted by Gasteiger charge is -2.38. The first kappa shape index (κ1) is 10.7.